The van der Waals surface area contributed by atoms with Crippen LogP contribution in [0.25, 0.3) is 0 Å². The summed E-state index contributed by atoms with van der Waals surface area (Å²) in [5, 5.41) is 4.45. The van der Waals surface area contributed by atoms with E-state index in [4.69, 9.17) is 4.99 Å². The van der Waals surface area contributed by atoms with Gasteiger partial charge in [-0.2, -0.15) is 0 Å². The first-order valence-electron chi connectivity index (χ1n) is 5.47. The van der Waals surface area contributed by atoms with Crippen LogP contribution in [-0.4, -0.2) is 16.5 Å². The van der Waals surface area contributed by atoms with Crippen molar-refractivity contribution in [1.29, 1.82) is 0 Å². The molecule has 5 heteroatoms. The Hall–Kier alpha value is 0.250. The molecule has 1 aliphatic rings. The van der Waals surface area contributed by atoms with E-state index in [1.165, 1.54) is 3.57 Å². The lowest BCUT2D eigenvalue weighted by Gasteiger charge is -2.15. The van der Waals surface area contributed by atoms with Crippen molar-refractivity contribution in [2.24, 2.45) is 4.99 Å². The maximum Gasteiger partial charge on any atom is 0.161 e. The Kier molecular flexibility index (Phi) is 4.41. The Labute approximate surface area is 128 Å². The van der Waals surface area contributed by atoms with Gasteiger partial charge < -0.3 is 5.32 Å². The van der Waals surface area contributed by atoms with Crippen molar-refractivity contribution in [3.63, 3.8) is 0 Å². The Morgan fingerprint density at radius 1 is 1.59 bits per heavy atom. The number of anilines is 1. The number of benzene rings is 1. The monoisotopic (exact) mass is 424 g/mol. The van der Waals surface area contributed by atoms with E-state index in [1.54, 1.807) is 11.8 Å². The molecule has 0 bridgehead atoms. The fourth-order valence-corrected chi connectivity index (χ4v) is 3.50. The van der Waals surface area contributed by atoms with Crippen molar-refractivity contribution in [1.82, 2.24) is 0 Å². The van der Waals surface area contributed by atoms with E-state index in [9.17, 15) is 0 Å². The topological polar surface area (TPSA) is 24.4 Å². The average Bonchev–Trinajstić information content (AvgIpc) is 2.67. The number of halogens is 2. The van der Waals surface area contributed by atoms with Crippen LogP contribution < -0.4 is 5.32 Å². The summed E-state index contributed by atoms with van der Waals surface area (Å²) in [6.45, 7) is 4.40. The highest BCUT2D eigenvalue weighted by molar-refractivity contribution is 14.1. The molecule has 0 spiro atoms. The maximum absolute atomic E-state index is 4.75. The quantitative estimate of drug-likeness (QED) is 0.693. The zero-order valence-electron chi connectivity index (χ0n) is 9.76. The van der Waals surface area contributed by atoms with E-state index < -0.39 is 0 Å². The lowest BCUT2D eigenvalue weighted by Crippen LogP contribution is -2.20. The van der Waals surface area contributed by atoms with Crippen LogP contribution in [0.4, 0.5) is 5.69 Å². The van der Waals surface area contributed by atoms with Gasteiger partial charge in [0.15, 0.2) is 5.17 Å². The SMILES string of the molecule is CCC1(C)CSC(Nc2cc(Br)ccc2I)=N1. The summed E-state index contributed by atoms with van der Waals surface area (Å²) in [5.74, 6) is 1.07. The molecule has 92 valence electrons. The first-order valence-corrected chi connectivity index (χ1v) is 8.33. The fraction of sp³-hybridized carbons (Fsp3) is 0.417. The van der Waals surface area contributed by atoms with Gasteiger partial charge in [0.1, 0.15) is 0 Å². The van der Waals surface area contributed by atoms with Crippen LogP contribution in [0.1, 0.15) is 20.3 Å². The van der Waals surface area contributed by atoms with Gasteiger partial charge in [-0.15, -0.1) is 0 Å². The zero-order chi connectivity index (χ0) is 12.5. The normalized spacial score (nSPS) is 23.6. The molecule has 0 radical (unpaired) electrons. The number of thioether (sulfide) groups is 1. The van der Waals surface area contributed by atoms with Crippen LogP contribution >= 0.6 is 50.3 Å². The number of nitrogens with zero attached hydrogens (tertiary/aromatic N) is 1. The predicted molar refractivity (Wildman–Crippen MR) is 89.1 cm³/mol. The van der Waals surface area contributed by atoms with E-state index in [0.29, 0.717) is 0 Å². The Balaban J connectivity index is 2.17. The molecule has 1 heterocycles. The van der Waals surface area contributed by atoms with Crippen LogP contribution in [0.2, 0.25) is 0 Å². The molecule has 0 aliphatic carbocycles. The van der Waals surface area contributed by atoms with Gasteiger partial charge in [-0.3, -0.25) is 4.99 Å². The number of hydrogen-bond acceptors (Lipinski definition) is 3. The van der Waals surface area contributed by atoms with Crippen molar-refractivity contribution in [3.05, 3.63) is 26.2 Å². The molecular formula is C12H14BrIN2S. The minimum atomic E-state index is 0.102. The number of amidine groups is 1. The molecule has 0 aromatic heterocycles. The molecular weight excluding hydrogens is 411 g/mol. The van der Waals surface area contributed by atoms with Crippen molar-refractivity contribution in [2.45, 2.75) is 25.8 Å². The van der Waals surface area contributed by atoms with Crippen molar-refractivity contribution < 1.29 is 0 Å². The van der Waals surface area contributed by atoms with Gasteiger partial charge >= 0.3 is 0 Å². The molecule has 0 saturated heterocycles. The van der Waals surface area contributed by atoms with Crippen LogP contribution in [0, 0.1) is 3.57 Å². The molecule has 0 fully saturated rings. The predicted octanol–water partition coefficient (Wildman–Crippen LogP) is 4.74. The third-order valence-electron chi connectivity index (χ3n) is 2.82. The summed E-state index contributed by atoms with van der Waals surface area (Å²) in [7, 11) is 0. The molecule has 0 amide bonds. The van der Waals surface area contributed by atoms with E-state index in [2.05, 4.69) is 69.8 Å². The Morgan fingerprint density at radius 2 is 2.35 bits per heavy atom. The highest BCUT2D eigenvalue weighted by atomic mass is 127. The number of nitrogens with one attached hydrogen (secondary N) is 1. The fourth-order valence-electron chi connectivity index (χ4n) is 1.49. The summed E-state index contributed by atoms with van der Waals surface area (Å²) in [5.41, 5.74) is 1.22. The third-order valence-corrected chi connectivity index (χ3v) is 5.49. The van der Waals surface area contributed by atoms with Crippen LogP contribution in [0.15, 0.2) is 27.7 Å². The summed E-state index contributed by atoms with van der Waals surface area (Å²) < 4.78 is 2.29. The second kappa shape index (κ2) is 5.48. The largest absolute Gasteiger partial charge is 0.334 e. The highest BCUT2D eigenvalue weighted by Crippen LogP contribution is 2.32. The third kappa shape index (κ3) is 3.38. The molecule has 17 heavy (non-hydrogen) atoms. The second-order valence-electron chi connectivity index (χ2n) is 4.31. The smallest absolute Gasteiger partial charge is 0.161 e. The Morgan fingerprint density at radius 3 is 3.00 bits per heavy atom. The molecule has 1 unspecified atom stereocenters. The van der Waals surface area contributed by atoms with Gasteiger partial charge in [-0.05, 0) is 54.1 Å². The van der Waals surface area contributed by atoms with E-state index in [0.717, 1.165) is 27.5 Å². The van der Waals surface area contributed by atoms with Crippen molar-refractivity contribution in [3.8, 4) is 0 Å². The zero-order valence-corrected chi connectivity index (χ0v) is 14.3. The molecule has 2 rings (SSSR count). The van der Waals surface area contributed by atoms with Gasteiger partial charge in [-0.1, -0.05) is 34.6 Å². The minimum Gasteiger partial charge on any atom is -0.334 e. The van der Waals surface area contributed by atoms with Crippen molar-refractivity contribution >= 4 is 61.1 Å². The summed E-state index contributed by atoms with van der Waals surface area (Å²) >= 11 is 7.63. The summed E-state index contributed by atoms with van der Waals surface area (Å²) in [6, 6.07) is 6.23. The lowest BCUT2D eigenvalue weighted by molar-refractivity contribution is 0.523. The van der Waals surface area contributed by atoms with Crippen LogP contribution in [-0.2, 0) is 0 Å². The van der Waals surface area contributed by atoms with E-state index in [1.807, 2.05) is 6.07 Å². The van der Waals surface area contributed by atoms with Crippen LogP contribution in [0.5, 0.6) is 0 Å². The molecule has 2 nitrogen and oxygen atoms in total. The van der Waals surface area contributed by atoms with Crippen LogP contribution in [0.3, 0.4) is 0 Å². The molecule has 1 N–H and O–H groups in total. The van der Waals surface area contributed by atoms with Crippen molar-refractivity contribution in [2.75, 3.05) is 11.1 Å². The first-order chi connectivity index (χ1) is 8.02. The summed E-state index contributed by atoms with van der Waals surface area (Å²) in [4.78, 5) is 4.75. The lowest BCUT2D eigenvalue weighted by atomic mass is 10.0. The average molecular weight is 425 g/mol. The number of hydrogen-bond donors (Lipinski definition) is 1. The van der Waals surface area contributed by atoms with Gasteiger partial charge in [0.2, 0.25) is 0 Å². The van der Waals surface area contributed by atoms with E-state index in [-0.39, 0.29) is 5.54 Å². The molecule has 1 aliphatic heterocycles. The Bertz CT molecular complexity index is 464. The molecule has 0 saturated carbocycles. The van der Waals surface area contributed by atoms with E-state index >= 15 is 0 Å². The highest BCUT2D eigenvalue weighted by Gasteiger charge is 2.28. The van der Waals surface area contributed by atoms with Gasteiger partial charge in [0, 0.05) is 13.8 Å². The molecule has 1 atom stereocenters. The maximum atomic E-state index is 4.75. The number of aliphatic imine (C=N–C) groups is 1. The summed E-state index contributed by atoms with van der Waals surface area (Å²) in [6.07, 6.45) is 1.08. The minimum absolute atomic E-state index is 0.102. The standard InChI is InChI=1S/C12H14BrIN2S/c1-3-12(2)7-17-11(16-12)15-10-6-8(13)4-5-9(10)14/h4-6H,3,7H2,1-2H3,(H,15,16). The molecule has 1 aromatic rings. The second-order valence-corrected chi connectivity index (χ2v) is 7.35. The molecule has 1 aromatic carbocycles. The number of rotatable bonds is 2. The first kappa shape index (κ1) is 13.7. The van der Waals surface area contributed by atoms with Gasteiger partial charge in [0.05, 0.1) is 11.2 Å². The van der Waals surface area contributed by atoms with Gasteiger partial charge in [-0.25, -0.2) is 0 Å². The van der Waals surface area contributed by atoms with Gasteiger partial charge in [0.25, 0.3) is 0 Å².